The number of piperidine rings is 1. The summed E-state index contributed by atoms with van der Waals surface area (Å²) in [6.07, 6.45) is 8.89. The van der Waals surface area contributed by atoms with E-state index in [2.05, 4.69) is 44.3 Å². The van der Waals surface area contributed by atoms with Crippen LogP contribution < -0.4 is 4.74 Å². The summed E-state index contributed by atoms with van der Waals surface area (Å²) < 4.78 is 11.7. The Morgan fingerprint density at radius 2 is 1.86 bits per heavy atom. The molecule has 2 bridgehead atoms. The molecule has 1 atom stereocenters. The molecule has 1 fully saturated rings. The Morgan fingerprint density at radius 3 is 2.72 bits per heavy atom. The molecule has 0 radical (unpaired) electrons. The van der Waals surface area contributed by atoms with Gasteiger partial charge in [0.05, 0.1) is 6.54 Å². The zero-order valence-corrected chi connectivity index (χ0v) is 17.7. The van der Waals surface area contributed by atoms with E-state index >= 15 is 0 Å². The van der Waals surface area contributed by atoms with Crippen LogP contribution in [0.5, 0.6) is 5.75 Å². The first-order valence-corrected chi connectivity index (χ1v) is 11.2. The van der Waals surface area contributed by atoms with E-state index in [9.17, 15) is 0 Å². The first-order valence-electron chi connectivity index (χ1n) is 11.2. The second kappa shape index (κ2) is 10.2. The van der Waals surface area contributed by atoms with Gasteiger partial charge in [-0.3, -0.25) is 4.90 Å². The van der Waals surface area contributed by atoms with E-state index in [0.717, 1.165) is 31.3 Å². The Labute approximate surface area is 174 Å². The fourth-order valence-corrected chi connectivity index (χ4v) is 4.61. The van der Waals surface area contributed by atoms with Gasteiger partial charge in [-0.05, 0) is 75.9 Å². The summed E-state index contributed by atoms with van der Waals surface area (Å²) in [6.45, 7) is 7.57. The molecule has 0 amide bonds. The highest BCUT2D eigenvalue weighted by molar-refractivity contribution is 5.28. The summed E-state index contributed by atoms with van der Waals surface area (Å²) in [5.41, 5.74) is 1.39. The SMILES string of the molecule is Cc1nnc(CN2CCCCN3CCCCC3CCc3cccc(c3)OCC2)o1. The first kappa shape index (κ1) is 20.4. The Hall–Kier alpha value is -1.92. The predicted octanol–water partition coefficient (Wildman–Crippen LogP) is 3.84. The monoisotopic (exact) mass is 398 g/mol. The summed E-state index contributed by atoms with van der Waals surface area (Å²) in [5.74, 6) is 2.30. The summed E-state index contributed by atoms with van der Waals surface area (Å²) in [7, 11) is 0. The molecule has 0 aliphatic carbocycles. The number of benzene rings is 1. The molecule has 0 spiro atoms. The average Bonchev–Trinajstić information content (AvgIpc) is 3.14. The molecule has 1 unspecified atom stereocenters. The Bertz CT molecular complexity index is 763. The highest BCUT2D eigenvalue weighted by Crippen LogP contribution is 2.23. The maximum absolute atomic E-state index is 6.08. The van der Waals surface area contributed by atoms with Gasteiger partial charge in [0, 0.05) is 19.5 Å². The van der Waals surface area contributed by atoms with E-state index in [0.29, 0.717) is 24.9 Å². The number of nitrogens with zero attached hydrogens (tertiary/aromatic N) is 4. The fourth-order valence-electron chi connectivity index (χ4n) is 4.61. The van der Waals surface area contributed by atoms with Gasteiger partial charge in [0.1, 0.15) is 12.4 Å². The van der Waals surface area contributed by atoms with Crippen molar-refractivity contribution in [2.75, 3.05) is 32.8 Å². The fraction of sp³-hybridized carbons (Fsp3) is 0.652. The summed E-state index contributed by atoms with van der Waals surface area (Å²) in [4.78, 5) is 5.12. The molecule has 1 saturated heterocycles. The van der Waals surface area contributed by atoms with Crippen LogP contribution in [0.3, 0.4) is 0 Å². The van der Waals surface area contributed by atoms with Crippen LogP contribution in [0.2, 0.25) is 0 Å². The minimum Gasteiger partial charge on any atom is -0.492 e. The molecule has 2 aliphatic rings. The Balaban J connectivity index is 1.44. The Kier molecular flexibility index (Phi) is 7.17. The van der Waals surface area contributed by atoms with Gasteiger partial charge in [0.25, 0.3) is 0 Å². The van der Waals surface area contributed by atoms with E-state index < -0.39 is 0 Å². The molecule has 158 valence electrons. The van der Waals surface area contributed by atoms with Crippen LogP contribution in [0.25, 0.3) is 0 Å². The third kappa shape index (κ3) is 6.03. The van der Waals surface area contributed by atoms with Crippen molar-refractivity contribution in [1.82, 2.24) is 20.0 Å². The molecule has 0 N–H and O–H groups in total. The number of hydrogen-bond acceptors (Lipinski definition) is 6. The lowest BCUT2D eigenvalue weighted by atomic mass is 9.95. The molecule has 2 aliphatic heterocycles. The normalized spacial score (nSPS) is 22.9. The lowest BCUT2D eigenvalue weighted by Gasteiger charge is -2.36. The number of aromatic nitrogens is 2. The lowest BCUT2D eigenvalue weighted by molar-refractivity contribution is 0.133. The third-order valence-electron chi connectivity index (χ3n) is 6.19. The third-order valence-corrected chi connectivity index (χ3v) is 6.19. The smallest absolute Gasteiger partial charge is 0.230 e. The molecule has 0 saturated carbocycles. The van der Waals surface area contributed by atoms with Gasteiger partial charge >= 0.3 is 0 Å². The van der Waals surface area contributed by atoms with E-state index in [1.807, 2.05) is 6.92 Å². The summed E-state index contributed by atoms with van der Waals surface area (Å²) >= 11 is 0. The zero-order chi connectivity index (χ0) is 19.9. The van der Waals surface area contributed by atoms with Gasteiger partial charge < -0.3 is 14.1 Å². The van der Waals surface area contributed by atoms with Crippen LogP contribution >= 0.6 is 0 Å². The highest BCUT2D eigenvalue weighted by Gasteiger charge is 2.22. The van der Waals surface area contributed by atoms with Gasteiger partial charge in [-0.1, -0.05) is 18.6 Å². The molecule has 2 aromatic rings. The average molecular weight is 399 g/mol. The van der Waals surface area contributed by atoms with Gasteiger partial charge in [-0.2, -0.15) is 0 Å². The molecule has 6 heteroatoms. The second-order valence-corrected chi connectivity index (χ2v) is 8.42. The van der Waals surface area contributed by atoms with Crippen molar-refractivity contribution >= 4 is 0 Å². The minimum atomic E-state index is 0.627. The van der Waals surface area contributed by atoms with Crippen LogP contribution in [0.4, 0.5) is 0 Å². The van der Waals surface area contributed by atoms with Crippen molar-refractivity contribution < 1.29 is 9.15 Å². The van der Waals surface area contributed by atoms with Crippen LogP contribution in [0, 0.1) is 6.92 Å². The van der Waals surface area contributed by atoms with Crippen molar-refractivity contribution in [3.8, 4) is 5.75 Å². The van der Waals surface area contributed by atoms with Gasteiger partial charge in [0.15, 0.2) is 0 Å². The topological polar surface area (TPSA) is 54.6 Å². The van der Waals surface area contributed by atoms with E-state index in [1.165, 1.54) is 57.2 Å². The molecule has 4 rings (SSSR count). The molecule has 1 aromatic heterocycles. The zero-order valence-electron chi connectivity index (χ0n) is 17.7. The van der Waals surface area contributed by atoms with Crippen LogP contribution in [-0.2, 0) is 13.0 Å². The molecule has 3 heterocycles. The van der Waals surface area contributed by atoms with E-state index in [4.69, 9.17) is 9.15 Å². The standard InChI is InChI=1S/C23H34N4O2/c1-19-24-25-23(29-19)18-26-12-4-5-14-27-13-3-2-8-21(27)11-10-20-7-6-9-22(17-20)28-16-15-26/h6-7,9,17,21H,2-5,8,10-16,18H2,1H3. The predicted molar refractivity (Wildman–Crippen MR) is 113 cm³/mol. The summed E-state index contributed by atoms with van der Waals surface area (Å²) in [6, 6.07) is 9.39. The number of rotatable bonds is 2. The number of aryl methyl sites for hydroxylation is 2. The van der Waals surface area contributed by atoms with Crippen molar-refractivity contribution in [2.45, 2.75) is 64.5 Å². The van der Waals surface area contributed by atoms with Gasteiger partial charge in [0.2, 0.25) is 11.8 Å². The van der Waals surface area contributed by atoms with Crippen molar-refractivity contribution in [3.05, 3.63) is 41.6 Å². The van der Waals surface area contributed by atoms with E-state index in [1.54, 1.807) is 0 Å². The molecule has 29 heavy (non-hydrogen) atoms. The quantitative estimate of drug-likeness (QED) is 0.766. The van der Waals surface area contributed by atoms with Crippen LogP contribution in [-0.4, -0.2) is 58.8 Å². The van der Waals surface area contributed by atoms with Gasteiger partial charge in [-0.15, -0.1) is 10.2 Å². The van der Waals surface area contributed by atoms with Crippen molar-refractivity contribution in [1.29, 1.82) is 0 Å². The second-order valence-electron chi connectivity index (χ2n) is 8.42. The highest BCUT2D eigenvalue weighted by atomic mass is 16.5. The van der Waals surface area contributed by atoms with Crippen molar-refractivity contribution in [3.63, 3.8) is 0 Å². The van der Waals surface area contributed by atoms with E-state index in [-0.39, 0.29) is 0 Å². The number of hydrogen-bond donors (Lipinski definition) is 0. The lowest BCUT2D eigenvalue weighted by Crippen LogP contribution is -2.40. The van der Waals surface area contributed by atoms with Crippen LogP contribution in [0.15, 0.2) is 28.7 Å². The molecule has 1 aromatic carbocycles. The molecule has 6 nitrogen and oxygen atoms in total. The number of ether oxygens (including phenoxy) is 1. The van der Waals surface area contributed by atoms with Crippen molar-refractivity contribution in [2.24, 2.45) is 0 Å². The maximum Gasteiger partial charge on any atom is 0.230 e. The molecular weight excluding hydrogens is 364 g/mol. The molecular formula is C23H34N4O2. The van der Waals surface area contributed by atoms with Gasteiger partial charge in [-0.25, -0.2) is 0 Å². The maximum atomic E-state index is 6.08. The minimum absolute atomic E-state index is 0.627. The first-order chi connectivity index (χ1) is 14.3. The largest absolute Gasteiger partial charge is 0.492 e. The number of fused-ring (bicyclic) bond motifs is 3. The Morgan fingerprint density at radius 1 is 1.00 bits per heavy atom. The van der Waals surface area contributed by atoms with Crippen LogP contribution in [0.1, 0.15) is 55.9 Å². The summed E-state index contributed by atoms with van der Waals surface area (Å²) in [5, 5.41) is 8.14.